The quantitative estimate of drug-likeness (QED) is 0.734. The van der Waals surface area contributed by atoms with Gasteiger partial charge < -0.3 is 9.84 Å². The standard InChI is InChI=1S/C15H21NO4/c1-3-16(9-8-15(19)20-2)11-13-7-5-4-6-12(13)10-14(17)18/h4-7H,3,8-11H2,1-2H3,(H,17,18). The minimum atomic E-state index is -0.838. The van der Waals surface area contributed by atoms with Gasteiger partial charge in [0.2, 0.25) is 0 Å². The number of nitrogens with zero attached hydrogens (tertiary/aromatic N) is 1. The van der Waals surface area contributed by atoms with Crippen LogP contribution in [-0.4, -0.2) is 42.1 Å². The molecule has 0 aliphatic heterocycles. The number of carboxylic acid groups (broad SMARTS) is 1. The van der Waals surface area contributed by atoms with E-state index in [4.69, 9.17) is 5.11 Å². The van der Waals surface area contributed by atoms with E-state index >= 15 is 0 Å². The Balaban J connectivity index is 2.69. The summed E-state index contributed by atoms with van der Waals surface area (Å²) in [6.45, 7) is 4.04. The van der Waals surface area contributed by atoms with Gasteiger partial charge in [0.05, 0.1) is 20.0 Å². The summed E-state index contributed by atoms with van der Waals surface area (Å²) in [4.78, 5) is 24.1. The van der Waals surface area contributed by atoms with Gasteiger partial charge in [-0.05, 0) is 17.7 Å². The second kappa shape index (κ2) is 8.32. The molecule has 0 fully saturated rings. The molecule has 20 heavy (non-hydrogen) atoms. The summed E-state index contributed by atoms with van der Waals surface area (Å²) < 4.78 is 4.63. The minimum absolute atomic E-state index is 0.0186. The minimum Gasteiger partial charge on any atom is -0.481 e. The van der Waals surface area contributed by atoms with Crippen LogP contribution in [0.2, 0.25) is 0 Å². The zero-order valence-corrected chi connectivity index (χ0v) is 12.0. The van der Waals surface area contributed by atoms with Crippen LogP contribution in [0.15, 0.2) is 24.3 Å². The summed E-state index contributed by atoms with van der Waals surface area (Å²) in [5.41, 5.74) is 1.80. The van der Waals surface area contributed by atoms with Crippen molar-refractivity contribution >= 4 is 11.9 Å². The van der Waals surface area contributed by atoms with Gasteiger partial charge in [0.1, 0.15) is 0 Å². The van der Waals surface area contributed by atoms with E-state index in [-0.39, 0.29) is 12.4 Å². The van der Waals surface area contributed by atoms with Crippen molar-refractivity contribution < 1.29 is 19.4 Å². The Labute approximate surface area is 119 Å². The first kappa shape index (κ1) is 16.2. The highest BCUT2D eigenvalue weighted by atomic mass is 16.5. The molecule has 0 heterocycles. The Morgan fingerprint density at radius 2 is 1.90 bits per heavy atom. The predicted octanol–water partition coefficient (Wildman–Crippen LogP) is 1.70. The molecule has 1 rings (SSSR count). The summed E-state index contributed by atoms with van der Waals surface area (Å²) in [6.07, 6.45) is 0.357. The van der Waals surface area contributed by atoms with Crippen molar-refractivity contribution in [3.05, 3.63) is 35.4 Å². The molecule has 5 heteroatoms. The fraction of sp³-hybridized carbons (Fsp3) is 0.467. The van der Waals surface area contributed by atoms with Crippen LogP contribution in [0.25, 0.3) is 0 Å². The van der Waals surface area contributed by atoms with Crippen LogP contribution in [0.4, 0.5) is 0 Å². The third-order valence-electron chi connectivity index (χ3n) is 3.16. The van der Waals surface area contributed by atoms with Crippen LogP contribution in [-0.2, 0) is 27.3 Å². The molecule has 0 amide bonds. The Kier molecular flexibility index (Phi) is 6.73. The lowest BCUT2D eigenvalue weighted by molar-refractivity contribution is -0.141. The van der Waals surface area contributed by atoms with E-state index in [2.05, 4.69) is 9.64 Å². The van der Waals surface area contributed by atoms with Crippen molar-refractivity contribution in [2.75, 3.05) is 20.2 Å². The van der Waals surface area contributed by atoms with Gasteiger partial charge in [-0.1, -0.05) is 31.2 Å². The van der Waals surface area contributed by atoms with Crippen LogP contribution in [0.3, 0.4) is 0 Å². The fourth-order valence-electron chi connectivity index (χ4n) is 1.99. The van der Waals surface area contributed by atoms with Crippen LogP contribution in [0.5, 0.6) is 0 Å². The molecule has 1 N–H and O–H groups in total. The number of ether oxygens (including phenoxy) is 1. The third-order valence-corrected chi connectivity index (χ3v) is 3.16. The van der Waals surface area contributed by atoms with Gasteiger partial charge in [-0.2, -0.15) is 0 Å². The molecular weight excluding hydrogens is 258 g/mol. The van der Waals surface area contributed by atoms with E-state index in [0.717, 1.165) is 17.7 Å². The molecule has 110 valence electrons. The van der Waals surface area contributed by atoms with E-state index in [1.165, 1.54) is 7.11 Å². The highest BCUT2D eigenvalue weighted by Gasteiger charge is 2.11. The summed E-state index contributed by atoms with van der Waals surface area (Å²) in [6, 6.07) is 7.50. The molecule has 0 aromatic heterocycles. The van der Waals surface area contributed by atoms with Gasteiger partial charge in [0.25, 0.3) is 0 Å². The number of benzene rings is 1. The molecule has 0 radical (unpaired) electrons. The summed E-state index contributed by atoms with van der Waals surface area (Å²) >= 11 is 0. The number of hydrogen-bond donors (Lipinski definition) is 1. The molecule has 0 unspecified atom stereocenters. The number of hydrogen-bond acceptors (Lipinski definition) is 4. The smallest absolute Gasteiger partial charge is 0.307 e. The average Bonchev–Trinajstić information content (AvgIpc) is 2.44. The van der Waals surface area contributed by atoms with Gasteiger partial charge >= 0.3 is 11.9 Å². The van der Waals surface area contributed by atoms with Gasteiger partial charge in [0.15, 0.2) is 0 Å². The Hall–Kier alpha value is -1.88. The van der Waals surface area contributed by atoms with Gasteiger partial charge in [-0.3, -0.25) is 14.5 Å². The van der Waals surface area contributed by atoms with Gasteiger partial charge in [-0.15, -0.1) is 0 Å². The number of rotatable bonds is 8. The summed E-state index contributed by atoms with van der Waals surface area (Å²) in [5.74, 6) is -1.07. The van der Waals surface area contributed by atoms with E-state index in [1.54, 1.807) is 0 Å². The topological polar surface area (TPSA) is 66.8 Å². The first-order valence-electron chi connectivity index (χ1n) is 6.64. The third kappa shape index (κ3) is 5.40. The zero-order valence-electron chi connectivity index (χ0n) is 12.0. The van der Waals surface area contributed by atoms with Crippen molar-refractivity contribution in [1.29, 1.82) is 0 Å². The van der Waals surface area contributed by atoms with Crippen molar-refractivity contribution in [3.8, 4) is 0 Å². The molecule has 1 aromatic carbocycles. The van der Waals surface area contributed by atoms with E-state index in [9.17, 15) is 9.59 Å². The molecule has 0 saturated carbocycles. The first-order valence-corrected chi connectivity index (χ1v) is 6.64. The molecule has 1 aromatic rings. The number of methoxy groups -OCH3 is 1. The Morgan fingerprint density at radius 3 is 2.45 bits per heavy atom. The SMILES string of the molecule is CCN(CCC(=O)OC)Cc1ccccc1CC(=O)O. The van der Waals surface area contributed by atoms with Gasteiger partial charge in [0, 0.05) is 13.1 Å². The van der Waals surface area contributed by atoms with Gasteiger partial charge in [-0.25, -0.2) is 0 Å². The lowest BCUT2D eigenvalue weighted by Crippen LogP contribution is -2.26. The molecule has 0 atom stereocenters. The maximum absolute atomic E-state index is 11.2. The second-order valence-electron chi connectivity index (χ2n) is 4.53. The zero-order chi connectivity index (χ0) is 15.0. The second-order valence-corrected chi connectivity index (χ2v) is 4.53. The van der Waals surface area contributed by atoms with Crippen molar-refractivity contribution in [1.82, 2.24) is 4.90 Å². The molecule has 0 bridgehead atoms. The lowest BCUT2D eigenvalue weighted by Gasteiger charge is -2.21. The molecule has 0 saturated heterocycles. The maximum Gasteiger partial charge on any atom is 0.307 e. The first-order chi connectivity index (χ1) is 9.56. The fourth-order valence-corrected chi connectivity index (χ4v) is 1.99. The van der Waals surface area contributed by atoms with E-state index in [1.807, 2.05) is 31.2 Å². The average molecular weight is 279 g/mol. The maximum atomic E-state index is 11.2. The molecule has 0 aliphatic rings. The van der Waals surface area contributed by atoms with E-state index in [0.29, 0.717) is 19.5 Å². The number of carbonyl (C=O) groups excluding carboxylic acids is 1. The Bertz CT molecular complexity index is 459. The molecule has 5 nitrogen and oxygen atoms in total. The number of carboxylic acids is 1. The van der Waals surface area contributed by atoms with Crippen molar-refractivity contribution in [2.45, 2.75) is 26.3 Å². The Morgan fingerprint density at radius 1 is 1.25 bits per heavy atom. The van der Waals surface area contributed by atoms with Crippen LogP contribution >= 0.6 is 0 Å². The van der Waals surface area contributed by atoms with Crippen LogP contribution in [0, 0.1) is 0 Å². The van der Waals surface area contributed by atoms with E-state index < -0.39 is 5.97 Å². The highest BCUT2D eigenvalue weighted by molar-refractivity contribution is 5.70. The van der Waals surface area contributed by atoms with Crippen LogP contribution < -0.4 is 0 Å². The summed E-state index contributed by atoms with van der Waals surface area (Å²) in [5, 5.41) is 8.92. The number of carbonyl (C=O) groups is 2. The molecule has 0 spiro atoms. The normalized spacial score (nSPS) is 10.6. The van der Waals surface area contributed by atoms with Crippen LogP contribution in [0.1, 0.15) is 24.5 Å². The van der Waals surface area contributed by atoms with Crippen molar-refractivity contribution in [2.24, 2.45) is 0 Å². The summed E-state index contributed by atoms with van der Waals surface area (Å²) in [7, 11) is 1.38. The lowest BCUT2D eigenvalue weighted by atomic mass is 10.0. The number of esters is 1. The number of aliphatic carboxylic acids is 1. The highest BCUT2D eigenvalue weighted by Crippen LogP contribution is 2.13. The largest absolute Gasteiger partial charge is 0.481 e. The monoisotopic (exact) mass is 279 g/mol. The molecular formula is C15H21NO4. The predicted molar refractivity (Wildman–Crippen MR) is 75.4 cm³/mol. The molecule has 0 aliphatic carbocycles. The van der Waals surface area contributed by atoms with Crippen molar-refractivity contribution in [3.63, 3.8) is 0 Å².